The van der Waals surface area contributed by atoms with Crippen LogP contribution in [0.4, 0.5) is 5.82 Å². The normalized spacial score (nSPS) is 26.1. The van der Waals surface area contributed by atoms with Crippen LogP contribution in [0.5, 0.6) is 0 Å². The Balaban J connectivity index is 0.000000333. The quantitative estimate of drug-likeness (QED) is 0.342. The average molecular weight is 383 g/mol. The predicted octanol–water partition coefficient (Wildman–Crippen LogP) is -2.35. The van der Waals surface area contributed by atoms with Crippen molar-refractivity contribution in [1.82, 2.24) is 9.55 Å². The van der Waals surface area contributed by atoms with Crippen molar-refractivity contribution in [2.45, 2.75) is 37.9 Å². The molecule has 0 amide bonds. The van der Waals surface area contributed by atoms with Gasteiger partial charge in [-0.2, -0.15) is 13.4 Å². The average Bonchev–Trinajstić information content (AvgIpc) is 2.81. The molecule has 25 heavy (non-hydrogen) atoms. The number of aromatic nitrogens is 2. The highest BCUT2D eigenvalue weighted by Crippen LogP contribution is 2.27. The van der Waals surface area contributed by atoms with E-state index in [9.17, 15) is 23.4 Å². The molecule has 1 aliphatic heterocycles. The summed E-state index contributed by atoms with van der Waals surface area (Å²) in [5.74, 6) is 0.0537. The van der Waals surface area contributed by atoms with Crippen molar-refractivity contribution in [3.63, 3.8) is 0 Å². The van der Waals surface area contributed by atoms with Crippen LogP contribution in [-0.4, -0.2) is 69.4 Å². The number of hydrogen-bond acceptors (Lipinski definition) is 10. The van der Waals surface area contributed by atoms with E-state index in [0.717, 1.165) is 4.57 Å². The number of aliphatic hydroxyl groups excluding tert-OH is 3. The molecule has 4 atom stereocenters. The Bertz CT molecular complexity index is 708. The van der Waals surface area contributed by atoms with E-state index < -0.39 is 47.2 Å². The molecule has 1 aromatic heterocycles. The number of nitrogen functional groups attached to an aromatic ring is 1. The summed E-state index contributed by atoms with van der Waals surface area (Å²) in [7, 11) is -4.19. The molecule has 1 aliphatic rings. The minimum absolute atomic E-state index is 0.0405. The van der Waals surface area contributed by atoms with Gasteiger partial charge < -0.3 is 25.8 Å². The second-order valence-electron chi connectivity index (χ2n) is 5.02. The molecule has 12 nitrogen and oxygen atoms in total. The smallest absolute Gasteiger partial charge is 0.394 e. The van der Waals surface area contributed by atoms with Crippen LogP contribution in [0.3, 0.4) is 0 Å². The highest BCUT2D eigenvalue weighted by Gasteiger charge is 2.43. The van der Waals surface area contributed by atoms with Gasteiger partial charge >= 0.3 is 16.1 Å². The number of nitrogens with zero attached hydrogens (tertiary/aromatic N) is 2. The van der Waals surface area contributed by atoms with Gasteiger partial charge in [-0.1, -0.05) is 6.92 Å². The maximum atomic E-state index is 11.5. The first kappa shape index (κ1) is 21.4. The highest BCUT2D eigenvalue weighted by molar-refractivity contribution is 7.80. The van der Waals surface area contributed by atoms with Crippen molar-refractivity contribution in [1.29, 1.82) is 0 Å². The van der Waals surface area contributed by atoms with Gasteiger partial charge in [0.15, 0.2) is 6.23 Å². The standard InChI is InChI=1S/C9H13N3O5.C3H8O4S/c10-5-1-2-12(9(16)11-5)8-7(15)6(14)4(3-13)17-8;1-2-3-7-8(4,5)6/h1-2,4,6-8,13-15H,3H2,(H2,10,11,16);2-3H2,1H3,(H,4,5,6)/t4-,6-,7-,8-;/m1./s1. The van der Waals surface area contributed by atoms with Crippen LogP contribution in [0.2, 0.25) is 0 Å². The van der Waals surface area contributed by atoms with Gasteiger partial charge in [0.05, 0.1) is 13.2 Å². The van der Waals surface area contributed by atoms with Gasteiger partial charge in [-0.25, -0.2) is 8.98 Å². The Labute approximate surface area is 143 Å². The van der Waals surface area contributed by atoms with Crippen LogP contribution in [0, 0.1) is 0 Å². The molecule has 0 bridgehead atoms. The van der Waals surface area contributed by atoms with Gasteiger partial charge in [0.2, 0.25) is 0 Å². The van der Waals surface area contributed by atoms with Gasteiger partial charge in [-0.3, -0.25) is 9.12 Å². The minimum Gasteiger partial charge on any atom is -0.394 e. The Morgan fingerprint density at radius 2 is 2.04 bits per heavy atom. The van der Waals surface area contributed by atoms with Crippen LogP contribution < -0.4 is 11.4 Å². The van der Waals surface area contributed by atoms with E-state index in [2.05, 4.69) is 9.17 Å². The predicted molar refractivity (Wildman–Crippen MR) is 83.7 cm³/mol. The van der Waals surface area contributed by atoms with Gasteiger partial charge in [0.1, 0.15) is 24.1 Å². The Hall–Kier alpha value is -1.61. The number of rotatable bonds is 5. The van der Waals surface area contributed by atoms with Gasteiger partial charge in [0.25, 0.3) is 0 Å². The number of nitrogens with two attached hydrogens (primary N) is 1. The van der Waals surface area contributed by atoms with Crippen molar-refractivity contribution < 1.29 is 37.2 Å². The van der Waals surface area contributed by atoms with Gasteiger partial charge in [0, 0.05) is 6.20 Å². The highest BCUT2D eigenvalue weighted by atomic mass is 32.3. The first-order valence-electron chi connectivity index (χ1n) is 7.19. The number of aliphatic hydroxyl groups is 3. The van der Waals surface area contributed by atoms with E-state index in [1.807, 2.05) is 0 Å². The molecular weight excluding hydrogens is 362 g/mol. The number of hydrogen-bond donors (Lipinski definition) is 5. The van der Waals surface area contributed by atoms with Crippen LogP contribution in [0.25, 0.3) is 0 Å². The summed E-state index contributed by atoms with van der Waals surface area (Å²) in [5.41, 5.74) is 4.63. The SMILES string of the molecule is CCCOS(=O)(=O)O.Nc1ccn([C@@H]2O[C@H](CO)[C@@H](O)[C@H]2O)c(=O)n1. The molecule has 2 rings (SSSR count). The molecule has 0 radical (unpaired) electrons. The molecule has 6 N–H and O–H groups in total. The first-order chi connectivity index (χ1) is 11.6. The summed E-state index contributed by atoms with van der Waals surface area (Å²) in [6.07, 6.45) is -2.70. The second kappa shape index (κ2) is 9.19. The molecule has 13 heteroatoms. The van der Waals surface area contributed by atoms with Crippen molar-refractivity contribution in [2.24, 2.45) is 0 Å². The monoisotopic (exact) mass is 383 g/mol. The number of anilines is 1. The molecule has 0 unspecified atom stereocenters. The molecular formula is C12H21N3O9S. The molecule has 1 saturated heterocycles. The van der Waals surface area contributed by atoms with Crippen molar-refractivity contribution >= 4 is 16.2 Å². The summed E-state index contributed by atoms with van der Waals surface area (Å²) >= 11 is 0. The lowest BCUT2D eigenvalue weighted by molar-refractivity contribution is -0.0549. The molecule has 1 fully saturated rings. The van der Waals surface area contributed by atoms with E-state index in [-0.39, 0.29) is 12.4 Å². The minimum atomic E-state index is -4.19. The fourth-order valence-electron chi connectivity index (χ4n) is 1.92. The maximum absolute atomic E-state index is 11.5. The lowest BCUT2D eigenvalue weighted by atomic mass is 10.1. The second-order valence-corrected chi connectivity index (χ2v) is 6.11. The third-order valence-corrected chi connectivity index (χ3v) is 3.54. The van der Waals surface area contributed by atoms with Gasteiger partial charge in [-0.05, 0) is 12.5 Å². The zero-order valence-corrected chi connectivity index (χ0v) is 14.1. The van der Waals surface area contributed by atoms with Gasteiger partial charge in [-0.15, -0.1) is 0 Å². The molecule has 0 spiro atoms. The topological polar surface area (TPSA) is 194 Å². The molecule has 0 aliphatic carbocycles. The largest absolute Gasteiger partial charge is 0.397 e. The molecule has 0 aromatic carbocycles. The summed E-state index contributed by atoms with van der Waals surface area (Å²) in [5, 5.41) is 28.2. The van der Waals surface area contributed by atoms with Crippen LogP contribution in [-0.2, 0) is 19.3 Å². The first-order valence-corrected chi connectivity index (χ1v) is 8.56. The van der Waals surface area contributed by atoms with Crippen LogP contribution in [0.1, 0.15) is 19.6 Å². The zero-order valence-electron chi connectivity index (χ0n) is 13.3. The number of ether oxygens (including phenoxy) is 1. The third kappa shape index (κ3) is 6.32. The van der Waals surface area contributed by atoms with Crippen molar-refractivity contribution in [3.05, 3.63) is 22.7 Å². The Morgan fingerprint density at radius 3 is 2.44 bits per heavy atom. The molecule has 2 heterocycles. The fourth-order valence-corrected chi connectivity index (χ4v) is 2.30. The molecule has 1 aromatic rings. The summed E-state index contributed by atoms with van der Waals surface area (Å²) in [6, 6.07) is 1.37. The van der Waals surface area contributed by atoms with E-state index >= 15 is 0 Å². The Morgan fingerprint density at radius 1 is 1.40 bits per heavy atom. The van der Waals surface area contributed by atoms with Crippen LogP contribution in [0.15, 0.2) is 17.1 Å². The lowest BCUT2D eigenvalue weighted by Crippen LogP contribution is -2.36. The zero-order chi connectivity index (χ0) is 19.2. The Kier molecular flexibility index (Phi) is 7.88. The summed E-state index contributed by atoms with van der Waals surface area (Å²) in [6.45, 7) is 1.33. The van der Waals surface area contributed by atoms with E-state index in [4.69, 9.17) is 20.1 Å². The van der Waals surface area contributed by atoms with E-state index in [0.29, 0.717) is 6.42 Å². The summed E-state index contributed by atoms with van der Waals surface area (Å²) in [4.78, 5) is 15.0. The van der Waals surface area contributed by atoms with Crippen molar-refractivity contribution in [2.75, 3.05) is 18.9 Å². The third-order valence-electron chi connectivity index (χ3n) is 3.08. The molecule has 0 saturated carbocycles. The fraction of sp³-hybridized carbons (Fsp3) is 0.667. The van der Waals surface area contributed by atoms with Crippen LogP contribution >= 0.6 is 0 Å². The maximum Gasteiger partial charge on any atom is 0.397 e. The van der Waals surface area contributed by atoms with E-state index in [1.165, 1.54) is 12.3 Å². The summed E-state index contributed by atoms with van der Waals surface area (Å²) < 4.78 is 37.4. The van der Waals surface area contributed by atoms with Crippen molar-refractivity contribution in [3.8, 4) is 0 Å². The van der Waals surface area contributed by atoms with E-state index in [1.54, 1.807) is 6.92 Å². The molecule has 144 valence electrons. The lowest BCUT2D eigenvalue weighted by Gasteiger charge is -2.16.